The Morgan fingerprint density at radius 2 is 1.74 bits per heavy atom. The van der Waals surface area contributed by atoms with Gasteiger partial charge in [-0.25, -0.2) is 8.42 Å². The number of aryl methyl sites for hydroxylation is 1. The van der Waals surface area contributed by atoms with Gasteiger partial charge in [-0.15, -0.1) is 0 Å². The van der Waals surface area contributed by atoms with Crippen molar-refractivity contribution in [1.82, 2.24) is 5.32 Å². The van der Waals surface area contributed by atoms with Crippen molar-refractivity contribution in [3.63, 3.8) is 0 Å². The number of halogens is 1. The Bertz CT molecular complexity index is 1270. The number of rotatable bonds is 9. The van der Waals surface area contributed by atoms with Crippen LogP contribution in [0.5, 0.6) is 11.5 Å². The van der Waals surface area contributed by atoms with Crippen LogP contribution in [0.2, 0.25) is 5.02 Å². The van der Waals surface area contributed by atoms with Gasteiger partial charge in [-0.1, -0.05) is 35.9 Å². The van der Waals surface area contributed by atoms with Gasteiger partial charge < -0.3 is 14.8 Å². The van der Waals surface area contributed by atoms with Crippen LogP contribution < -0.4 is 19.1 Å². The Labute approximate surface area is 205 Å². The maximum atomic E-state index is 13.5. The van der Waals surface area contributed by atoms with Gasteiger partial charge in [0.1, 0.15) is 18.0 Å². The fraction of sp³-hybridized carbons (Fsp3) is 0.240. The number of hydrogen-bond acceptors (Lipinski definition) is 5. The third kappa shape index (κ3) is 5.63. The van der Waals surface area contributed by atoms with Crippen LogP contribution in [-0.4, -0.2) is 35.1 Å². The van der Waals surface area contributed by atoms with E-state index in [0.717, 1.165) is 4.31 Å². The smallest absolute Gasteiger partial charge is 0.264 e. The predicted octanol–water partition coefficient (Wildman–Crippen LogP) is 4.74. The minimum atomic E-state index is -4.04. The fourth-order valence-corrected chi connectivity index (χ4v) is 5.21. The number of amides is 1. The molecule has 0 saturated heterocycles. The number of methoxy groups -OCH3 is 2. The van der Waals surface area contributed by atoms with E-state index in [2.05, 4.69) is 5.32 Å². The number of carbonyl (C=O) groups is 1. The number of anilines is 1. The second-order valence-electron chi connectivity index (χ2n) is 7.65. The third-order valence-electron chi connectivity index (χ3n) is 5.34. The van der Waals surface area contributed by atoms with Crippen molar-refractivity contribution in [2.45, 2.75) is 24.8 Å². The molecular formula is C25H27ClN2O5S. The summed E-state index contributed by atoms with van der Waals surface area (Å²) < 4.78 is 38.8. The average molecular weight is 503 g/mol. The molecule has 0 aliphatic heterocycles. The maximum absolute atomic E-state index is 13.5. The summed E-state index contributed by atoms with van der Waals surface area (Å²) in [6, 6.07) is 17.7. The molecule has 9 heteroatoms. The monoisotopic (exact) mass is 502 g/mol. The average Bonchev–Trinajstić information content (AvgIpc) is 2.84. The molecule has 0 bridgehead atoms. The first-order chi connectivity index (χ1) is 16.2. The standard InChI is InChI=1S/C25H27ClN2O5S/c1-17-10-11-19(26)14-23(17)28(34(30,31)21-8-6-5-7-9-21)16-25(29)27-18(2)22-15-20(32-3)12-13-24(22)33-4/h5-15,18H,16H2,1-4H3,(H,27,29). The Balaban J connectivity index is 1.94. The summed E-state index contributed by atoms with van der Waals surface area (Å²) in [5.74, 6) is 0.698. The summed E-state index contributed by atoms with van der Waals surface area (Å²) in [7, 11) is -0.955. The van der Waals surface area contributed by atoms with Gasteiger partial charge in [-0.2, -0.15) is 0 Å². The zero-order chi connectivity index (χ0) is 24.9. The van der Waals surface area contributed by atoms with Crippen LogP contribution in [0.25, 0.3) is 0 Å². The molecular weight excluding hydrogens is 476 g/mol. The fourth-order valence-electron chi connectivity index (χ4n) is 3.54. The van der Waals surface area contributed by atoms with Crippen molar-refractivity contribution >= 4 is 33.2 Å². The largest absolute Gasteiger partial charge is 0.497 e. The number of hydrogen-bond donors (Lipinski definition) is 1. The van der Waals surface area contributed by atoms with E-state index in [1.54, 1.807) is 75.6 Å². The third-order valence-corrected chi connectivity index (χ3v) is 7.35. The number of nitrogens with zero attached hydrogens (tertiary/aromatic N) is 1. The minimum Gasteiger partial charge on any atom is -0.497 e. The number of nitrogens with one attached hydrogen (secondary N) is 1. The number of sulfonamides is 1. The molecule has 3 rings (SSSR count). The molecule has 0 aliphatic carbocycles. The quantitative estimate of drug-likeness (QED) is 0.457. The highest BCUT2D eigenvalue weighted by Gasteiger charge is 2.29. The summed E-state index contributed by atoms with van der Waals surface area (Å²) in [6.07, 6.45) is 0. The van der Waals surface area contributed by atoms with Gasteiger partial charge in [0.05, 0.1) is 30.8 Å². The normalized spacial score (nSPS) is 12.0. The molecule has 3 aromatic carbocycles. The molecule has 0 heterocycles. The molecule has 0 saturated carbocycles. The first-order valence-electron chi connectivity index (χ1n) is 10.5. The highest BCUT2D eigenvalue weighted by molar-refractivity contribution is 7.92. The lowest BCUT2D eigenvalue weighted by Gasteiger charge is -2.27. The molecule has 1 atom stereocenters. The van der Waals surface area contributed by atoms with Crippen molar-refractivity contribution in [1.29, 1.82) is 0 Å². The molecule has 180 valence electrons. The Morgan fingerprint density at radius 1 is 1.03 bits per heavy atom. The van der Waals surface area contributed by atoms with Gasteiger partial charge in [0, 0.05) is 10.6 Å². The second kappa shape index (κ2) is 10.8. The summed E-state index contributed by atoms with van der Waals surface area (Å²) in [5.41, 5.74) is 1.70. The van der Waals surface area contributed by atoms with Crippen molar-refractivity contribution in [2.24, 2.45) is 0 Å². The lowest BCUT2D eigenvalue weighted by atomic mass is 10.1. The van der Waals surface area contributed by atoms with Gasteiger partial charge >= 0.3 is 0 Å². The highest BCUT2D eigenvalue weighted by Crippen LogP contribution is 2.31. The predicted molar refractivity (Wildman–Crippen MR) is 133 cm³/mol. The summed E-state index contributed by atoms with van der Waals surface area (Å²) in [6.45, 7) is 3.12. The van der Waals surface area contributed by atoms with Gasteiger partial charge in [0.15, 0.2) is 0 Å². The lowest BCUT2D eigenvalue weighted by molar-refractivity contribution is -0.120. The molecule has 34 heavy (non-hydrogen) atoms. The first-order valence-corrected chi connectivity index (χ1v) is 12.3. The summed E-state index contributed by atoms with van der Waals surface area (Å²) in [5, 5.41) is 3.23. The zero-order valence-electron chi connectivity index (χ0n) is 19.4. The van der Waals surface area contributed by atoms with E-state index in [9.17, 15) is 13.2 Å². The second-order valence-corrected chi connectivity index (χ2v) is 9.95. The number of benzene rings is 3. The first kappa shape index (κ1) is 25.4. The van der Waals surface area contributed by atoms with Crippen molar-refractivity contribution in [3.05, 3.63) is 82.9 Å². The summed E-state index contributed by atoms with van der Waals surface area (Å²) in [4.78, 5) is 13.2. The Hall–Kier alpha value is -3.23. The van der Waals surface area contributed by atoms with Gasteiger partial charge in [-0.05, 0) is 61.9 Å². The van der Waals surface area contributed by atoms with Crippen molar-refractivity contribution < 1.29 is 22.7 Å². The molecule has 0 fully saturated rings. The maximum Gasteiger partial charge on any atom is 0.264 e. The molecule has 1 unspecified atom stereocenters. The van der Waals surface area contributed by atoms with E-state index in [1.807, 2.05) is 0 Å². The van der Waals surface area contributed by atoms with Crippen LogP contribution >= 0.6 is 11.6 Å². The van der Waals surface area contributed by atoms with E-state index < -0.39 is 28.5 Å². The lowest BCUT2D eigenvalue weighted by Crippen LogP contribution is -2.42. The van der Waals surface area contributed by atoms with E-state index in [1.165, 1.54) is 19.2 Å². The molecule has 1 N–H and O–H groups in total. The molecule has 7 nitrogen and oxygen atoms in total. The van der Waals surface area contributed by atoms with Gasteiger partial charge in [0.25, 0.3) is 10.0 Å². The van der Waals surface area contributed by atoms with E-state index in [4.69, 9.17) is 21.1 Å². The minimum absolute atomic E-state index is 0.0738. The number of ether oxygens (including phenoxy) is 2. The van der Waals surface area contributed by atoms with Gasteiger partial charge in [-0.3, -0.25) is 9.10 Å². The van der Waals surface area contributed by atoms with E-state index in [0.29, 0.717) is 33.3 Å². The van der Waals surface area contributed by atoms with Crippen molar-refractivity contribution in [3.8, 4) is 11.5 Å². The van der Waals surface area contributed by atoms with Crippen molar-refractivity contribution in [2.75, 3.05) is 25.1 Å². The number of carbonyl (C=O) groups excluding carboxylic acids is 1. The van der Waals surface area contributed by atoms with Crippen LogP contribution in [0.15, 0.2) is 71.6 Å². The van der Waals surface area contributed by atoms with Crippen LogP contribution in [0, 0.1) is 6.92 Å². The molecule has 3 aromatic rings. The van der Waals surface area contributed by atoms with E-state index >= 15 is 0 Å². The topological polar surface area (TPSA) is 84.9 Å². The molecule has 0 spiro atoms. The molecule has 1 amide bonds. The molecule has 0 aromatic heterocycles. The van der Waals surface area contributed by atoms with Crippen LogP contribution in [0.3, 0.4) is 0 Å². The molecule has 0 aliphatic rings. The zero-order valence-corrected chi connectivity index (χ0v) is 21.0. The summed E-state index contributed by atoms with van der Waals surface area (Å²) >= 11 is 6.17. The highest BCUT2D eigenvalue weighted by atomic mass is 35.5. The molecule has 0 radical (unpaired) electrons. The van der Waals surface area contributed by atoms with Gasteiger partial charge in [0.2, 0.25) is 5.91 Å². The van der Waals surface area contributed by atoms with Crippen LogP contribution in [0.1, 0.15) is 24.1 Å². The Kier molecular flexibility index (Phi) is 8.06. The van der Waals surface area contributed by atoms with Crippen LogP contribution in [0.4, 0.5) is 5.69 Å². The van der Waals surface area contributed by atoms with Crippen LogP contribution in [-0.2, 0) is 14.8 Å². The SMILES string of the molecule is COc1ccc(OC)c(C(C)NC(=O)CN(c2cc(Cl)ccc2C)S(=O)(=O)c2ccccc2)c1. The Morgan fingerprint density at radius 3 is 2.38 bits per heavy atom. The van der Waals surface area contributed by atoms with E-state index in [-0.39, 0.29) is 4.90 Å².